The Hall–Kier alpha value is -1.18. The second-order valence-corrected chi connectivity index (χ2v) is 3.15. The molecule has 0 bridgehead atoms. The van der Waals surface area contributed by atoms with Crippen LogP contribution in [0.15, 0.2) is 0 Å². The molecular weight excluding hydrogens is 190 g/mol. The average Bonchev–Trinajstić information content (AvgIpc) is 2.01. The molecule has 7 heteroatoms. The molecule has 14 heavy (non-hydrogen) atoms. The van der Waals surface area contributed by atoms with E-state index in [1.54, 1.807) is 9.80 Å². The van der Waals surface area contributed by atoms with Crippen molar-refractivity contribution < 1.29 is 19.8 Å². The molecule has 1 aliphatic rings. The van der Waals surface area contributed by atoms with Gasteiger partial charge in [0.05, 0.1) is 33.1 Å². The van der Waals surface area contributed by atoms with E-state index in [1.807, 2.05) is 0 Å². The van der Waals surface area contributed by atoms with Crippen LogP contribution in [-0.2, 0) is 9.59 Å². The van der Waals surface area contributed by atoms with Gasteiger partial charge in [0.25, 0.3) is 0 Å². The van der Waals surface area contributed by atoms with Crippen molar-refractivity contribution in [3.8, 4) is 0 Å². The first-order valence-corrected chi connectivity index (χ1v) is 4.17. The molecule has 1 rings (SSSR count). The molecule has 1 saturated heterocycles. The molecule has 0 saturated carbocycles. The topological polar surface area (TPSA) is 93.1 Å². The van der Waals surface area contributed by atoms with Gasteiger partial charge < -0.3 is 10.2 Å². The van der Waals surface area contributed by atoms with Gasteiger partial charge in [-0.15, -0.1) is 0 Å². The normalized spacial score (nSPS) is 19.4. The van der Waals surface area contributed by atoms with Crippen LogP contribution in [0.1, 0.15) is 0 Å². The van der Waals surface area contributed by atoms with Crippen molar-refractivity contribution in [2.75, 3.05) is 33.1 Å². The summed E-state index contributed by atoms with van der Waals surface area (Å²) in [5, 5.41) is 20.0. The summed E-state index contributed by atoms with van der Waals surface area (Å²) < 4.78 is 0. The first-order valence-electron chi connectivity index (χ1n) is 4.17. The monoisotopic (exact) mass is 203 g/mol. The number of rotatable bonds is 4. The number of nitrogens with zero attached hydrogens (tertiary/aromatic N) is 2. The lowest BCUT2D eigenvalue weighted by atomic mass is 10.5. The van der Waals surface area contributed by atoms with E-state index in [0.29, 0.717) is 20.0 Å². The number of nitrogens with one attached hydrogen (secondary N) is 1. The summed E-state index contributed by atoms with van der Waals surface area (Å²) in [6.07, 6.45) is 0. The Kier molecular flexibility index (Phi) is 3.81. The van der Waals surface area contributed by atoms with Crippen molar-refractivity contribution in [1.82, 2.24) is 15.1 Å². The zero-order valence-electron chi connectivity index (χ0n) is 7.64. The third-order valence-corrected chi connectivity index (χ3v) is 1.79. The van der Waals surface area contributed by atoms with Gasteiger partial charge in [-0.1, -0.05) is 0 Å². The molecule has 0 amide bonds. The summed E-state index contributed by atoms with van der Waals surface area (Å²) in [4.78, 5) is 24.0. The molecule has 0 atom stereocenters. The van der Waals surface area contributed by atoms with Gasteiger partial charge in [-0.3, -0.25) is 24.7 Å². The van der Waals surface area contributed by atoms with E-state index in [1.165, 1.54) is 0 Å². The largest absolute Gasteiger partial charge is 0.480 e. The average molecular weight is 203 g/mol. The van der Waals surface area contributed by atoms with Gasteiger partial charge in [-0.2, -0.15) is 0 Å². The van der Waals surface area contributed by atoms with E-state index in [2.05, 4.69) is 5.32 Å². The van der Waals surface area contributed by atoms with Gasteiger partial charge in [0.2, 0.25) is 0 Å². The fraction of sp³-hybridized carbons (Fsp3) is 0.714. The molecule has 80 valence electrons. The lowest BCUT2D eigenvalue weighted by Gasteiger charge is -2.34. The van der Waals surface area contributed by atoms with Crippen molar-refractivity contribution in [3.63, 3.8) is 0 Å². The predicted octanol–water partition coefficient (Wildman–Crippen LogP) is -1.76. The van der Waals surface area contributed by atoms with Crippen molar-refractivity contribution in [1.29, 1.82) is 0 Å². The molecule has 3 N–H and O–H groups in total. The summed E-state index contributed by atoms with van der Waals surface area (Å²) in [6, 6.07) is 0. The predicted molar refractivity (Wildman–Crippen MR) is 46.4 cm³/mol. The Morgan fingerprint density at radius 1 is 1.07 bits per heavy atom. The van der Waals surface area contributed by atoms with Crippen LogP contribution in [0.5, 0.6) is 0 Å². The standard InChI is InChI=1S/C7H13N3O4/c11-6(12)1-9-3-8-4-10(5-9)2-7(13)14/h8H,1-5H2,(H,11,12)(H,13,14). The van der Waals surface area contributed by atoms with E-state index in [-0.39, 0.29) is 13.1 Å². The highest BCUT2D eigenvalue weighted by Crippen LogP contribution is 1.97. The molecule has 0 spiro atoms. The van der Waals surface area contributed by atoms with Crippen LogP contribution in [0, 0.1) is 0 Å². The van der Waals surface area contributed by atoms with Gasteiger partial charge in [0.1, 0.15) is 0 Å². The first kappa shape index (κ1) is 10.9. The maximum absolute atomic E-state index is 10.4. The van der Waals surface area contributed by atoms with Crippen molar-refractivity contribution in [2.24, 2.45) is 0 Å². The minimum absolute atomic E-state index is 0.0802. The summed E-state index contributed by atoms with van der Waals surface area (Å²) in [7, 11) is 0. The molecule has 0 radical (unpaired) electrons. The third kappa shape index (κ3) is 3.69. The van der Waals surface area contributed by atoms with Crippen molar-refractivity contribution in [2.45, 2.75) is 0 Å². The Morgan fingerprint density at radius 3 is 1.86 bits per heavy atom. The second kappa shape index (κ2) is 4.89. The molecule has 0 aromatic heterocycles. The number of carboxylic acids is 2. The number of aliphatic carboxylic acids is 2. The number of hydrogen-bond acceptors (Lipinski definition) is 5. The van der Waals surface area contributed by atoms with E-state index in [4.69, 9.17) is 10.2 Å². The minimum Gasteiger partial charge on any atom is -0.480 e. The highest BCUT2D eigenvalue weighted by Gasteiger charge is 2.19. The van der Waals surface area contributed by atoms with Crippen LogP contribution in [0.4, 0.5) is 0 Å². The lowest BCUT2D eigenvalue weighted by molar-refractivity contribution is -0.141. The Morgan fingerprint density at radius 2 is 1.50 bits per heavy atom. The number of carboxylic acid groups (broad SMARTS) is 2. The second-order valence-electron chi connectivity index (χ2n) is 3.15. The van der Waals surface area contributed by atoms with E-state index >= 15 is 0 Å². The molecule has 1 aliphatic heterocycles. The smallest absolute Gasteiger partial charge is 0.317 e. The van der Waals surface area contributed by atoms with Crippen LogP contribution in [0.2, 0.25) is 0 Å². The molecule has 1 heterocycles. The quantitative estimate of drug-likeness (QED) is 0.498. The highest BCUT2D eigenvalue weighted by atomic mass is 16.4. The van der Waals surface area contributed by atoms with Crippen LogP contribution in [0.25, 0.3) is 0 Å². The van der Waals surface area contributed by atoms with Gasteiger partial charge in [0, 0.05) is 0 Å². The fourth-order valence-corrected chi connectivity index (χ4v) is 1.34. The maximum Gasteiger partial charge on any atom is 0.317 e. The molecule has 1 fully saturated rings. The third-order valence-electron chi connectivity index (χ3n) is 1.79. The SMILES string of the molecule is O=C(O)CN1CNCN(CC(=O)O)C1. The van der Waals surface area contributed by atoms with E-state index in [0.717, 1.165) is 0 Å². The van der Waals surface area contributed by atoms with Crippen LogP contribution in [0.3, 0.4) is 0 Å². The Balaban J connectivity index is 2.35. The minimum atomic E-state index is -0.913. The van der Waals surface area contributed by atoms with Crippen molar-refractivity contribution >= 4 is 11.9 Å². The van der Waals surface area contributed by atoms with E-state index in [9.17, 15) is 9.59 Å². The summed E-state index contributed by atoms with van der Waals surface area (Å²) in [5.41, 5.74) is 0. The van der Waals surface area contributed by atoms with Gasteiger partial charge in [-0.05, 0) is 0 Å². The summed E-state index contributed by atoms with van der Waals surface area (Å²) in [6.45, 7) is 1.16. The highest BCUT2D eigenvalue weighted by molar-refractivity contribution is 5.69. The lowest BCUT2D eigenvalue weighted by Crippen LogP contribution is -2.55. The molecular formula is C7H13N3O4. The van der Waals surface area contributed by atoms with Gasteiger partial charge in [0.15, 0.2) is 0 Å². The van der Waals surface area contributed by atoms with Crippen LogP contribution in [-0.4, -0.2) is 65.0 Å². The van der Waals surface area contributed by atoms with Crippen LogP contribution >= 0.6 is 0 Å². The zero-order valence-corrected chi connectivity index (χ0v) is 7.64. The zero-order chi connectivity index (χ0) is 10.6. The van der Waals surface area contributed by atoms with Crippen LogP contribution < -0.4 is 5.32 Å². The fourth-order valence-electron chi connectivity index (χ4n) is 1.34. The Labute approximate surface area is 80.9 Å². The van der Waals surface area contributed by atoms with Gasteiger partial charge >= 0.3 is 11.9 Å². The number of hydrogen-bond donors (Lipinski definition) is 3. The maximum atomic E-state index is 10.4. The Bertz CT molecular complexity index is 211. The summed E-state index contributed by atoms with van der Waals surface area (Å²) in [5.74, 6) is -1.83. The molecule has 7 nitrogen and oxygen atoms in total. The summed E-state index contributed by atoms with van der Waals surface area (Å²) >= 11 is 0. The molecule has 0 unspecified atom stereocenters. The van der Waals surface area contributed by atoms with E-state index < -0.39 is 11.9 Å². The number of carbonyl (C=O) groups is 2. The van der Waals surface area contributed by atoms with Crippen molar-refractivity contribution in [3.05, 3.63) is 0 Å². The molecule has 0 aromatic carbocycles. The molecule has 0 aliphatic carbocycles. The van der Waals surface area contributed by atoms with Gasteiger partial charge in [-0.25, -0.2) is 0 Å². The first-order chi connectivity index (χ1) is 6.58. The molecule has 0 aromatic rings.